The predicted molar refractivity (Wildman–Crippen MR) is 156 cm³/mol. The quantitative estimate of drug-likeness (QED) is 0.351. The second kappa shape index (κ2) is 11.5. The molecule has 1 aromatic carbocycles. The Morgan fingerprint density at radius 3 is 2.33 bits per heavy atom. The molecule has 2 aromatic heterocycles. The highest BCUT2D eigenvalue weighted by Crippen LogP contribution is 2.34. The number of rotatable bonds is 6. The van der Waals surface area contributed by atoms with E-state index >= 15 is 0 Å². The van der Waals surface area contributed by atoms with Crippen molar-refractivity contribution in [3.8, 4) is 0 Å². The number of hydrogen-bond donors (Lipinski definition) is 3. The van der Waals surface area contributed by atoms with Crippen molar-refractivity contribution >= 4 is 52.0 Å². The molecule has 1 saturated heterocycles. The first kappa shape index (κ1) is 26.6. The Hall–Kier alpha value is -2.62. The topological polar surface area (TPSA) is 114 Å². The number of nitrogens with one attached hydrogen (secondary N) is 2. The molecule has 2 aliphatic carbocycles. The Morgan fingerprint density at radius 2 is 1.62 bits per heavy atom. The van der Waals surface area contributed by atoms with Crippen molar-refractivity contribution in [3.63, 3.8) is 0 Å². The number of halogens is 2. The van der Waals surface area contributed by atoms with Gasteiger partial charge >= 0.3 is 0 Å². The normalized spacial score (nSPS) is 22.9. The second-order valence-electron chi connectivity index (χ2n) is 11.3. The van der Waals surface area contributed by atoms with Crippen molar-refractivity contribution in [3.05, 3.63) is 40.1 Å². The number of fused-ring (bicyclic) bond motifs is 1. The number of nitrogens with two attached hydrogens (primary N) is 1. The first-order chi connectivity index (χ1) is 18.9. The van der Waals surface area contributed by atoms with Crippen LogP contribution < -0.4 is 16.4 Å². The van der Waals surface area contributed by atoms with Gasteiger partial charge in [-0.15, -0.1) is 0 Å². The second-order valence-corrected chi connectivity index (χ2v) is 12.1. The number of aromatic nitrogens is 4. The molecule has 0 bridgehead atoms. The van der Waals surface area contributed by atoms with Crippen LogP contribution in [-0.4, -0.2) is 61.5 Å². The zero-order valence-electron chi connectivity index (χ0n) is 22.1. The summed E-state index contributed by atoms with van der Waals surface area (Å²) in [5.74, 6) is 1.39. The molecule has 4 N–H and O–H groups in total. The Labute approximate surface area is 238 Å². The number of imidazole rings is 1. The van der Waals surface area contributed by atoms with Gasteiger partial charge in [-0.3, -0.25) is 4.79 Å². The van der Waals surface area contributed by atoms with E-state index in [1.807, 2.05) is 11.2 Å². The molecule has 11 heteroatoms. The van der Waals surface area contributed by atoms with Crippen LogP contribution in [0.2, 0.25) is 10.0 Å². The summed E-state index contributed by atoms with van der Waals surface area (Å²) >= 11 is 12.2. The largest absolute Gasteiger partial charge is 0.365 e. The van der Waals surface area contributed by atoms with Gasteiger partial charge in [0, 0.05) is 42.8 Å². The van der Waals surface area contributed by atoms with Crippen LogP contribution in [0.1, 0.15) is 80.6 Å². The summed E-state index contributed by atoms with van der Waals surface area (Å²) in [6, 6.07) is 6.28. The highest BCUT2D eigenvalue weighted by Gasteiger charge is 2.27. The lowest BCUT2D eigenvalue weighted by atomic mass is 9.92. The van der Waals surface area contributed by atoms with Crippen LogP contribution >= 0.6 is 23.2 Å². The van der Waals surface area contributed by atoms with Gasteiger partial charge in [-0.25, -0.2) is 4.98 Å². The number of amides is 1. The molecule has 3 heterocycles. The van der Waals surface area contributed by atoms with Gasteiger partial charge in [0.15, 0.2) is 17.0 Å². The minimum atomic E-state index is -0.0227. The number of benzene rings is 1. The molecule has 0 spiro atoms. The summed E-state index contributed by atoms with van der Waals surface area (Å²) in [6.45, 7) is 1.30. The van der Waals surface area contributed by atoms with Gasteiger partial charge in [0.2, 0.25) is 5.95 Å². The molecule has 1 amide bonds. The minimum absolute atomic E-state index is 0.0227. The third-order valence-corrected chi connectivity index (χ3v) is 9.27. The van der Waals surface area contributed by atoms with Gasteiger partial charge in [-0.1, -0.05) is 36.0 Å². The highest BCUT2D eigenvalue weighted by atomic mass is 35.5. The summed E-state index contributed by atoms with van der Waals surface area (Å²) < 4.78 is 2.25. The maximum Gasteiger partial charge on any atom is 0.253 e. The molecule has 2 saturated carbocycles. The van der Waals surface area contributed by atoms with Crippen molar-refractivity contribution in [1.29, 1.82) is 0 Å². The first-order valence-electron chi connectivity index (χ1n) is 14.2. The summed E-state index contributed by atoms with van der Waals surface area (Å²) in [5, 5.41) is 8.10. The van der Waals surface area contributed by atoms with E-state index in [0.717, 1.165) is 68.3 Å². The number of carbonyl (C=O) groups excluding carboxylic acids is 1. The standard InChI is InChI=1S/C28H36Cl2N8O/c29-22-10-5-17(15-23(22)30)27(39)37-13-11-20(12-14-37)33-25-24-26(38(16-32-24)21-3-1-2-4-21)36-28(35-25)34-19-8-6-18(31)7-9-19/h5,10,15-16,18-21H,1-4,6-9,11-14,31H2,(H2,33,34,35,36)/t18-,19-. The average molecular weight is 572 g/mol. The summed E-state index contributed by atoms with van der Waals surface area (Å²) in [7, 11) is 0. The van der Waals surface area contributed by atoms with Crippen LogP contribution in [0.15, 0.2) is 24.5 Å². The molecule has 9 nitrogen and oxygen atoms in total. The number of piperidine rings is 1. The van der Waals surface area contributed by atoms with E-state index in [-0.39, 0.29) is 11.9 Å². The highest BCUT2D eigenvalue weighted by molar-refractivity contribution is 6.42. The third kappa shape index (κ3) is 5.81. The maximum atomic E-state index is 13.0. The number of likely N-dealkylation sites (tertiary alicyclic amines) is 1. The predicted octanol–water partition coefficient (Wildman–Crippen LogP) is 5.65. The van der Waals surface area contributed by atoms with Crippen LogP contribution in [0.3, 0.4) is 0 Å². The van der Waals surface area contributed by atoms with E-state index in [4.69, 9.17) is 43.9 Å². The molecule has 6 rings (SSSR count). The molecule has 3 aromatic rings. The van der Waals surface area contributed by atoms with Gasteiger partial charge in [0.25, 0.3) is 5.91 Å². The Bertz CT molecular complexity index is 1320. The minimum Gasteiger partial charge on any atom is -0.365 e. The van der Waals surface area contributed by atoms with E-state index in [0.29, 0.717) is 52.8 Å². The summed E-state index contributed by atoms with van der Waals surface area (Å²) in [6.07, 6.45) is 12.4. The first-order valence-corrected chi connectivity index (χ1v) is 15.0. The molecule has 39 heavy (non-hydrogen) atoms. The molecule has 3 aliphatic rings. The van der Waals surface area contributed by atoms with Gasteiger partial charge in [0.1, 0.15) is 0 Å². The van der Waals surface area contributed by atoms with E-state index in [1.165, 1.54) is 12.8 Å². The summed E-state index contributed by atoms with van der Waals surface area (Å²) in [5.41, 5.74) is 8.39. The Balaban J connectivity index is 1.19. The number of nitrogens with zero attached hydrogens (tertiary/aromatic N) is 5. The van der Waals surface area contributed by atoms with Crippen molar-refractivity contribution in [2.75, 3.05) is 23.7 Å². The lowest BCUT2D eigenvalue weighted by molar-refractivity contribution is 0.0718. The van der Waals surface area contributed by atoms with Crippen molar-refractivity contribution in [1.82, 2.24) is 24.4 Å². The number of carbonyl (C=O) groups is 1. The fourth-order valence-electron chi connectivity index (χ4n) is 6.21. The van der Waals surface area contributed by atoms with Gasteiger partial charge in [-0.05, 0) is 69.6 Å². The molecule has 0 atom stereocenters. The lowest BCUT2D eigenvalue weighted by Gasteiger charge is -2.33. The zero-order valence-corrected chi connectivity index (χ0v) is 23.6. The van der Waals surface area contributed by atoms with Crippen LogP contribution in [-0.2, 0) is 0 Å². The SMILES string of the molecule is N[C@H]1CC[C@H](Nc2nc(NC3CCN(C(=O)c4ccc(Cl)c(Cl)c4)CC3)c3ncn(C4CCCC4)c3n2)CC1. The van der Waals surface area contributed by atoms with Gasteiger partial charge in [0.05, 0.1) is 16.4 Å². The average Bonchev–Trinajstić information content (AvgIpc) is 3.62. The third-order valence-electron chi connectivity index (χ3n) is 8.53. The smallest absolute Gasteiger partial charge is 0.253 e. The van der Waals surface area contributed by atoms with Crippen LogP contribution in [0.25, 0.3) is 11.2 Å². The van der Waals surface area contributed by atoms with Crippen molar-refractivity contribution in [2.45, 2.75) is 88.4 Å². The van der Waals surface area contributed by atoms with Crippen molar-refractivity contribution < 1.29 is 4.79 Å². The Kier molecular flexibility index (Phi) is 7.82. The molecule has 1 aliphatic heterocycles. The van der Waals surface area contributed by atoms with E-state index < -0.39 is 0 Å². The molecule has 0 radical (unpaired) electrons. The molecule has 0 unspecified atom stereocenters. The van der Waals surface area contributed by atoms with E-state index in [9.17, 15) is 4.79 Å². The van der Waals surface area contributed by atoms with Crippen molar-refractivity contribution in [2.24, 2.45) is 5.73 Å². The monoisotopic (exact) mass is 570 g/mol. The molecular weight excluding hydrogens is 535 g/mol. The van der Waals surface area contributed by atoms with Gasteiger partial charge in [-0.2, -0.15) is 9.97 Å². The summed E-state index contributed by atoms with van der Waals surface area (Å²) in [4.78, 5) is 29.6. The lowest BCUT2D eigenvalue weighted by Crippen LogP contribution is -2.42. The maximum absolute atomic E-state index is 13.0. The molecule has 208 valence electrons. The van der Waals surface area contributed by atoms with Crippen LogP contribution in [0, 0.1) is 0 Å². The number of hydrogen-bond acceptors (Lipinski definition) is 7. The van der Waals surface area contributed by atoms with E-state index in [1.54, 1.807) is 18.2 Å². The molecule has 3 fully saturated rings. The van der Waals surface area contributed by atoms with E-state index in [2.05, 4.69) is 15.2 Å². The number of anilines is 2. The fourth-order valence-corrected chi connectivity index (χ4v) is 6.51. The van der Waals surface area contributed by atoms with Crippen LogP contribution in [0.5, 0.6) is 0 Å². The zero-order chi connectivity index (χ0) is 26.9. The molecular formula is C28H36Cl2N8O. The van der Waals surface area contributed by atoms with Crippen LogP contribution in [0.4, 0.5) is 11.8 Å². The fraction of sp³-hybridized carbons (Fsp3) is 0.571. The Morgan fingerprint density at radius 1 is 0.897 bits per heavy atom. The van der Waals surface area contributed by atoms with Gasteiger partial charge < -0.3 is 25.8 Å².